The van der Waals surface area contributed by atoms with Crippen molar-refractivity contribution in [1.29, 1.82) is 0 Å². The Bertz CT molecular complexity index is 762. The van der Waals surface area contributed by atoms with Gasteiger partial charge in [0, 0.05) is 10.8 Å². The molecule has 1 aromatic heterocycles. The highest BCUT2D eigenvalue weighted by atomic mass is 35.5. The fraction of sp³-hybridized carbons (Fsp3) is 0. The van der Waals surface area contributed by atoms with Gasteiger partial charge in [-0.1, -0.05) is 60.1 Å². The molecule has 3 rings (SSSR count). The van der Waals surface area contributed by atoms with Crippen molar-refractivity contribution in [3.05, 3.63) is 70.0 Å². The monoisotopic (exact) mass is 255 g/mol. The van der Waals surface area contributed by atoms with Crippen LogP contribution in [0.2, 0.25) is 5.02 Å². The van der Waals surface area contributed by atoms with Crippen molar-refractivity contribution < 1.29 is 0 Å². The van der Waals surface area contributed by atoms with Crippen molar-refractivity contribution in [2.24, 2.45) is 0 Å². The Morgan fingerprint density at radius 2 is 1.44 bits per heavy atom. The fourth-order valence-corrected chi connectivity index (χ4v) is 2.37. The van der Waals surface area contributed by atoms with E-state index in [-0.39, 0.29) is 5.56 Å². The number of nitrogens with one attached hydrogen (secondary N) is 1. The number of hydrogen-bond acceptors (Lipinski definition) is 1. The van der Waals surface area contributed by atoms with Gasteiger partial charge in [0.25, 0.3) is 5.56 Å². The van der Waals surface area contributed by atoms with Gasteiger partial charge < -0.3 is 4.98 Å². The van der Waals surface area contributed by atoms with Crippen molar-refractivity contribution in [2.75, 3.05) is 0 Å². The van der Waals surface area contributed by atoms with E-state index in [1.807, 2.05) is 48.5 Å². The van der Waals surface area contributed by atoms with E-state index >= 15 is 0 Å². The van der Waals surface area contributed by atoms with Gasteiger partial charge in [-0.05, 0) is 11.6 Å². The minimum absolute atomic E-state index is 0.117. The summed E-state index contributed by atoms with van der Waals surface area (Å²) in [5.41, 5.74) is 1.46. The van der Waals surface area contributed by atoms with Crippen LogP contribution >= 0.6 is 11.6 Å². The molecule has 2 aromatic carbocycles. The predicted octanol–water partition coefficient (Wildman–Crippen LogP) is 3.85. The third kappa shape index (κ3) is 1.71. The molecule has 0 unspecified atom stereocenters. The average Bonchev–Trinajstić information content (AvgIpc) is 2.44. The smallest absolute Gasteiger partial charge is 0.256 e. The Morgan fingerprint density at radius 1 is 0.833 bits per heavy atom. The molecule has 0 bridgehead atoms. The second-order valence-corrected chi connectivity index (χ2v) is 4.43. The van der Waals surface area contributed by atoms with E-state index in [1.54, 1.807) is 6.07 Å². The lowest BCUT2D eigenvalue weighted by atomic mass is 10.1. The normalized spacial score (nSPS) is 10.7. The number of H-pyrrole nitrogens is 1. The number of pyridine rings is 1. The second-order valence-electron chi connectivity index (χ2n) is 4.05. The molecule has 0 atom stereocenters. The van der Waals surface area contributed by atoms with Crippen molar-refractivity contribution in [3.8, 4) is 11.3 Å². The lowest BCUT2D eigenvalue weighted by Crippen LogP contribution is -2.07. The minimum Gasteiger partial charge on any atom is -0.320 e. The lowest BCUT2D eigenvalue weighted by molar-refractivity contribution is 1.28. The minimum atomic E-state index is -0.117. The van der Waals surface area contributed by atoms with Gasteiger partial charge in [-0.15, -0.1) is 0 Å². The molecule has 2 nitrogen and oxygen atoms in total. The summed E-state index contributed by atoms with van der Waals surface area (Å²) in [5, 5.41) is 1.97. The molecule has 0 saturated heterocycles. The maximum absolute atomic E-state index is 12.0. The molecular formula is C15H10ClNO. The molecule has 0 amide bonds. The largest absolute Gasteiger partial charge is 0.320 e. The zero-order chi connectivity index (χ0) is 12.5. The molecule has 0 aliphatic rings. The number of aromatic amines is 1. The Morgan fingerprint density at radius 3 is 2.17 bits per heavy atom. The zero-order valence-electron chi connectivity index (χ0n) is 9.48. The van der Waals surface area contributed by atoms with Crippen LogP contribution < -0.4 is 5.56 Å². The summed E-state index contributed by atoms with van der Waals surface area (Å²) in [6.07, 6.45) is 0. The number of halogens is 1. The van der Waals surface area contributed by atoms with Crippen LogP contribution in [0.15, 0.2) is 59.4 Å². The quantitative estimate of drug-likeness (QED) is 0.704. The summed E-state index contributed by atoms with van der Waals surface area (Å²) in [5.74, 6) is 0. The van der Waals surface area contributed by atoms with E-state index in [1.165, 1.54) is 0 Å². The first kappa shape index (κ1) is 11.1. The van der Waals surface area contributed by atoms with Crippen LogP contribution in [0.5, 0.6) is 0 Å². The van der Waals surface area contributed by atoms with E-state index in [0.29, 0.717) is 16.1 Å². The van der Waals surface area contributed by atoms with Gasteiger partial charge in [0.15, 0.2) is 0 Å². The highest BCUT2D eigenvalue weighted by Gasteiger charge is 2.10. The molecule has 1 heterocycles. The van der Waals surface area contributed by atoms with Crippen LogP contribution in [0.4, 0.5) is 0 Å². The van der Waals surface area contributed by atoms with Crippen molar-refractivity contribution in [3.63, 3.8) is 0 Å². The SMILES string of the molecule is O=c1[nH]c(-c2ccccc2)c(Cl)c2ccccc12. The molecule has 0 saturated carbocycles. The lowest BCUT2D eigenvalue weighted by Gasteiger charge is -2.07. The molecule has 1 N–H and O–H groups in total. The first-order valence-corrected chi connectivity index (χ1v) is 6.01. The van der Waals surface area contributed by atoms with Crippen LogP contribution in [0.1, 0.15) is 0 Å². The summed E-state index contributed by atoms with van der Waals surface area (Å²) < 4.78 is 0. The molecule has 0 spiro atoms. The molecule has 0 radical (unpaired) electrons. The van der Waals surface area contributed by atoms with Gasteiger partial charge in [0.1, 0.15) is 0 Å². The zero-order valence-corrected chi connectivity index (χ0v) is 10.2. The maximum atomic E-state index is 12.0. The molecule has 0 aliphatic heterocycles. The van der Waals surface area contributed by atoms with E-state index in [4.69, 9.17) is 11.6 Å². The van der Waals surface area contributed by atoms with Gasteiger partial charge in [0.05, 0.1) is 10.7 Å². The average molecular weight is 256 g/mol. The summed E-state index contributed by atoms with van der Waals surface area (Å²) in [6.45, 7) is 0. The molecule has 3 aromatic rings. The number of rotatable bonds is 1. The summed E-state index contributed by atoms with van der Waals surface area (Å²) in [7, 11) is 0. The fourth-order valence-electron chi connectivity index (χ4n) is 2.05. The number of fused-ring (bicyclic) bond motifs is 1. The molecule has 18 heavy (non-hydrogen) atoms. The molecule has 88 valence electrons. The predicted molar refractivity (Wildman–Crippen MR) is 75.0 cm³/mol. The van der Waals surface area contributed by atoms with Crippen LogP contribution in [0, 0.1) is 0 Å². The number of aromatic nitrogens is 1. The van der Waals surface area contributed by atoms with Crippen LogP contribution in [-0.2, 0) is 0 Å². The maximum Gasteiger partial charge on any atom is 0.256 e. The van der Waals surface area contributed by atoms with Crippen LogP contribution in [0.25, 0.3) is 22.0 Å². The Hall–Kier alpha value is -2.06. The first-order chi connectivity index (χ1) is 8.77. The second kappa shape index (κ2) is 4.31. The van der Waals surface area contributed by atoms with Crippen molar-refractivity contribution >= 4 is 22.4 Å². The molecular weight excluding hydrogens is 246 g/mol. The summed E-state index contributed by atoms with van der Waals surface area (Å²) in [6, 6.07) is 16.9. The van der Waals surface area contributed by atoms with Crippen molar-refractivity contribution in [1.82, 2.24) is 4.98 Å². The van der Waals surface area contributed by atoms with E-state index in [0.717, 1.165) is 10.9 Å². The standard InChI is InChI=1S/C15H10ClNO/c16-13-11-8-4-5-9-12(11)15(18)17-14(13)10-6-2-1-3-7-10/h1-9H,(H,17,18). The molecule has 0 fully saturated rings. The van der Waals surface area contributed by atoms with Gasteiger partial charge in [-0.2, -0.15) is 0 Å². The van der Waals surface area contributed by atoms with Gasteiger partial charge in [-0.25, -0.2) is 0 Å². The Kier molecular flexibility index (Phi) is 2.65. The summed E-state index contributed by atoms with van der Waals surface area (Å²) in [4.78, 5) is 14.9. The number of benzene rings is 2. The van der Waals surface area contributed by atoms with Crippen LogP contribution in [-0.4, -0.2) is 4.98 Å². The van der Waals surface area contributed by atoms with Gasteiger partial charge in [0.2, 0.25) is 0 Å². The van der Waals surface area contributed by atoms with E-state index < -0.39 is 0 Å². The Balaban J connectivity index is 2.39. The highest BCUT2D eigenvalue weighted by Crippen LogP contribution is 2.30. The van der Waals surface area contributed by atoms with E-state index in [9.17, 15) is 4.79 Å². The van der Waals surface area contributed by atoms with Crippen LogP contribution in [0.3, 0.4) is 0 Å². The van der Waals surface area contributed by atoms with Crippen molar-refractivity contribution in [2.45, 2.75) is 0 Å². The molecule has 0 aliphatic carbocycles. The molecule has 3 heteroatoms. The third-order valence-electron chi connectivity index (χ3n) is 2.93. The third-order valence-corrected chi connectivity index (χ3v) is 3.32. The van der Waals surface area contributed by atoms with E-state index in [2.05, 4.69) is 4.98 Å². The van der Waals surface area contributed by atoms with Gasteiger partial charge in [-0.3, -0.25) is 4.79 Å². The topological polar surface area (TPSA) is 32.9 Å². The summed E-state index contributed by atoms with van der Waals surface area (Å²) >= 11 is 6.38. The highest BCUT2D eigenvalue weighted by molar-refractivity contribution is 6.37. The van der Waals surface area contributed by atoms with Gasteiger partial charge >= 0.3 is 0 Å². The number of hydrogen-bond donors (Lipinski definition) is 1. The first-order valence-electron chi connectivity index (χ1n) is 5.63. The Labute approximate surface area is 109 Å².